The number of hydrogen-bond acceptors (Lipinski definition) is 3. The van der Waals surface area contributed by atoms with Crippen LogP contribution in [0.5, 0.6) is 0 Å². The van der Waals surface area contributed by atoms with E-state index in [-0.39, 0.29) is 5.82 Å². The van der Waals surface area contributed by atoms with E-state index >= 15 is 0 Å². The maximum absolute atomic E-state index is 13.7. The second-order valence-corrected chi connectivity index (χ2v) is 9.32. The molecule has 1 aliphatic heterocycles. The SMILES string of the molecule is CN=C(NCCc1ccccc1F)NCC1CCN(S(=O)(=O)c2ccccc2)CC1. The lowest BCUT2D eigenvalue weighted by Gasteiger charge is -2.31. The molecule has 0 unspecified atom stereocenters. The topological polar surface area (TPSA) is 73.8 Å². The molecule has 0 bridgehead atoms. The molecule has 0 aromatic heterocycles. The first kappa shape index (κ1) is 22.2. The number of aliphatic imine (C=N–C) groups is 1. The normalized spacial score (nSPS) is 16.4. The summed E-state index contributed by atoms with van der Waals surface area (Å²) in [5.41, 5.74) is 0.674. The van der Waals surface area contributed by atoms with Gasteiger partial charge in [-0.25, -0.2) is 12.8 Å². The van der Waals surface area contributed by atoms with Crippen molar-refractivity contribution in [3.63, 3.8) is 0 Å². The molecular formula is C22H29FN4O2S. The number of guanidine groups is 1. The van der Waals surface area contributed by atoms with E-state index in [0.717, 1.165) is 19.4 Å². The highest BCUT2D eigenvalue weighted by Crippen LogP contribution is 2.23. The maximum atomic E-state index is 13.7. The fourth-order valence-electron chi connectivity index (χ4n) is 3.57. The van der Waals surface area contributed by atoms with Crippen molar-refractivity contribution in [1.82, 2.24) is 14.9 Å². The molecule has 2 aromatic rings. The van der Waals surface area contributed by atoms with Crippen molar-refractivity contribution in [3.05, 3.63) is 66.0 Å². The number of hydrogen-bond donors (Lipinski definition) is 2. The van der Waals surface area contributed by atoms with Gasteiger partial charge in [0.2, 0.25) is 10.0 Å². The summed E-state index contributed by atoms with van der Waals surface area (Å²) in [6, 6.07) is 15.3. The molecule has 1 heterocycles. The zero-order chi connectivity index (χ0) is 21.4. The summed E-state index contributed by atoms with van der Waals surface area (Å²) in [7, 11) is -1.72. The van der Waals surface area contributed by atoms with E-state index in [1.807, 2.05) is 12.1 Å². The largest absolute Gasteiger partial charge is 0.356 e. The van der Waals surface area contributed by atoms with E-state index in [4.69, 9.17) is 0 Å². The van der Waals surface area contributed by atoms with E-state index in [1.165, 1.54) is 6.07 Å². The van der Waals surface area contributed by atoms with Crippen LogP contribution in [0.15, 0.2) is 64.5 Å². The lowest BCUT2D eigenvalue weighted by Crippen LogP contribution is -2.44. The predicted molar refractivity (Wildman–Crippen MR) is 117 cm³/mol. The minimum atomic E-state index is -3.42. The van der Waals surface area contributed by atoms with Gasteiger partial charge >= 0.3 is 0 Å². The fourth-order valence-corrected chi connectivity index (χ4v) is 5.06. The molecule has 3 rings (SSSR count). The predicted octanol–water partition coefficient (Wildman–Crippen LogP) is 2.63. The number of piperidine rings is 1. The summed E-state index contributed by atoms with van der Waals surface area (Å²) in [4.78, 5) is 4.56. The highest BCUT2D eigenvalue weighted by molar-refractivity contribution is 7.89. The molecule has 30 heavy (non-hydrogen) atoms. The average Bonchev–Trinajstić information content (AvgIpc) is 2.78. The van der Waals surface area contributed by atoms with Crippen LogP contribution < -0.4 is 10.6 Å². The molecule has 1 saturated heterocycles. The van der Waals surface area contributed by atoms with Crippen molar-refractivity contribution in [2.45, 2.75) is 24.2 Å². The number of benzene rings is 2. The molecule has 1 aliphatic rings. The minimum absolute atomic E-state index is 0.195. The molecule has 8 heteroatoms. The number of nitrogens with one attached hydrogen (secondary N) is 2. The molecule has 0 radical (unpaired) electrons. The van der Waals surface area contributed by atoms with Crippen LogP contribution in [0.2, 0.25) is 0 Å². The molecule has 0 spiro atoms. The molecule has 2 aromatic carbocycles. The Labute approximate surface area is 178 Å². The fraction of sp³-hybridized carbons (Fsp3) is 0.409. The van der Waals surface area contributed by atoms with Gasteiger partial charge in [-0.1, -0.05) is 36.4 Å². The quantitative estimate of drug-likeness (QED) is 0.521. The first-order chi connectivity index (χ1) is 14.5. The summed E-state index contributed by atoms with van der Waals surface area (Å²) >= 11 is 0. The lowest BCUT2D eigenvalue weighted by molar-refractivity contribution is 0.273. The van der Waals surface area contributed by atoms with Gasteiger partial charge in [0, 0.05) is 33.2 Å². The third kappa shape index (κ3) is 5.79. The summed E-state index contributed by atoms with van der Waals surface area (Å²) in [5, 5.41) is 6.51. The summed E-state index contributed by atoms with van der Waals surface area (Å²) in [6.07, 6.45) is 2.17. The second kappa shape index (κ2) is 10.5. The van der Waals surface area contributed by atoms with Crippen molar-refractivity contribution in [2.24, 2.45) is 10.9 Å². The zero-order valence-corrected chi connectivity index (χ0v) is 18.0. The number of nitrogens with zero attached hydrogens (tertiary/aromatic N) is 2. The minimum Gasteiger partial charge on any atom is -0.356 e. The molecule has 1 fully saturated rings. The van der Waals surface area contributed by atoms with Gasteiger partial charge in [0.05, 0.1) is 4.90 Å². The molecule has 0 amide bonds. The van der Waals surface area contributed by atoms with Crippen LogP contribution in [0.25, 0.3) is 0 Å². The Balaban J connectivity index is 1.42. The highest BCUT2D eigenvalue weighted by atomic mass is 32.2. The summed E-state index contributed by atoms with van der Waals surface area (Å²) < 4.78 is 40.7. The van der Waals surface area contributed by atoms with E-state index < -0.39 is 10.0 Å². The maximum Gasteiger partial charge on any atom is 0.243 e. The monoisotopic (exact) mass is 432 g/mol. The van der Waals surface area contributed by atoms with Crippen LogP contribution in [0.1, 0.15) is 18.4 Å². The Hall–Kier alpha value is -2.45. The van der Waals surface area contributed by atoms with Crippen LogP contribution in [0.4, 0.5) is 4.39 Å². The van der Waals surface area contributed by atoms with Gasteiger partial charge in [-0.3, -0.25) is 4.99 Å². The van der Waals surface area contributed by atoms with Crippen molar-refractivity contribution >= 4 is 16.0 Å². The van der Waals surface area contributed by atoms with Crippen LogP contribution in [0.3, 0.4) is 0 Å². The Bertz CT molecular complexity index is 943. The van der Waals surface area contributed by atoms with Crippen LogP contribution in [-0.2, 0) is 16.4 Å². The van der Waals surface area contributed by atoms with E-state index in [2.05, 4.69) is 15.6 Å². The van der Waals surface area contributed by atoms with Gasteiger partial charge in [0.25, 0.3) is 0 Å². The van der Waals surface area contributed by atoms with Crippen molar-refractivity contribution in [3.8, 4) is 0 Å². The number of sulfonamides is 1. The smallest absolute Gasteiger partial charge is 0.243 e. The molecule has 6 nitrogen and oxygen atoms in total. The Morgan fingerprint density at radius 3 is 2.40 bits per heavy atom. The molecule has 2 N–H and O–H groups in total. The Morgan fingerprint density at radius 1 is 1.07 bits per heavy atom. The first-order valence-corrected chi connectivity index (χ1v) is 11.7. The van der Waals surface area contributed by atoms with Crippen molar-refractivity contribution in [2.75, 3.05) is 33.2 Å². The number of halogens is 1. The Morgan fingerprint density at radius 2 is 1.73 bits per heavy atom. The first-order valence-electron chi connectivity index (χ1n) is 10.2. The van der Waals surface area contributed by atoms with E-state index in [9.17, 15) is 12.8 Å². The zero-order valence-electron chi connectivity index (χ0n) is 17.2. The standard InChI is InChI=1S/C22H29FN4O2S/c1-24-22(25-14-11-19-7-5-6-10-21(19)23)26-17-18-12-15-27(16-13-18)30(28,29)20-8-3-2-4-9-20/h2-10,18H,11-17H2,1H3,(H2,24,25,26). The van der Waals surface area contributed by atoms with Crippen molar-refractivity contribution in [1.29, 1.82) is 0 Å². The highest BCUT2D eigenvalue weighted by Gasteiger charge is 2.29. The Kier molecular flexibility index (Phi) is 7.81. The third-order valence-electron chi connectivity index (χ3n) is 5.38. The van der Waals surface area contributed by atoms with Gasteiger partial charge < -0.3 is 10.6 Å². The van der Waals surface area contributed by atoms with E-state index in [1.54, 1.807) is 47.8 Å². The average molecular weight is 433 g/mol. The molecule has 162 valence electrons. The summed E-state index contributed by atoms with van der Waals surface area (Å²) in [5.74, 6) is 0.850. The van der Waals surface area contributed by atoms with Crippen LogP contribution in [0, 0.1) is 11.7 Å². The van der Waals surface area contributed by atoms with E-state index in [0.29, 0.717) is 48.4 Å². The molecule has 0 atom stereocenters. The third-order valence-corrected chi connectivity index (χ3v) is 7.29. The van der Waals surface area contributed by atoms with Crippen LogP contribution >= 0.6 is 0 Å². The van der Waals surface area contributed by atoms with Crippen molar-refractivity contribution < 1.29 is 12.8 Å². The van der Waals surface area contributed by atoms with Gasteiger partial charge in [0.15, 0.2) is 5.96 Å². The van der Waals surface area contributed by atoms with Gasteiger partial charge in [-0.15, -0.1) is 0 Å². The molecular weight excluding hydrogens is 403 g/mol. The van der Waals surface area contributed by atoms with Crippen LogP contribution in [-0.4, -0.2) is 51.9 Å². The second-order valence-electron chi connectivity index (χ2n) is 7.38. The molecule has 0 aliphatic carbocycles. The van der Waals surface area contributed by atoms with Gasteiger partial charge in [0.1, 0.15) is 5.82 Å². The summed E-state index contributed by atoms with van der Waals surface area (Å²) in [6.45, 7) is 2.33. The lowest BCUT2D eigenvalue weighted by atomic mass is 9.98. The van der Waals surface area contributed by atoms with Gasteiger partial charge in [-0.2, -0.15) is 4.31 Å². The number of rotatable bonds is 7. The van der Waals surface area contributed by atoms with Gasteiger partial charge in [-0.05, 0) is 48.9 Å². The molecule has 0 saturated carbocycles.